The number of urea groups is 1. The number of anilines is 1. The Hall–Kier alpha value is -3.68. The third-order valence-corrected chi connectivity index (χ3v) is 6.13. The summed E-state index contributed by atoms with van der Waals surface area (Å²) in [6, 6.07) is 15.5. The van der Waals surface area contributed by atoms with E-state index in [4.69, 9.17) is 9.47 Å². The van der Waals surface area contributed by atoms with E-state index in [1.165, 1.54) is 0 Å². The van der Waals surface area contributed by atoms with Gasteiger partial charge in [0.15, 0.2) is 0 Å². The highest BCUT2D eigenvalue weighted by Gasteiger charge is 2.48. The average molecular weight is 451 g/mol. The third-order valence-electron chi connectivity index (χ3n) is 6.13. The fraction of sp³-hybridized carbons (Fsp3) is 0.280. The maximum atomic E-state index is 13.6. The number of nitrogens with one attached hydrogen (secondary N) is 1. The number of para-hydroxylation sites is 1. The van der Waals surface area contributed by atoms with Gasteiger partial charge in [-0.05, 0) is 31.2 Å². The van der Waals surface area contributed by atoms with E-state index in [-0.39, 0.29) is 23.6 Å². The first-order chi connectivity index (χ1) is 16.0. The molecule has 0 spiro atoms. The Bertz CT molecular complexity index is 1170. The number of rotatable bonds is 4. The number of nitrogens with zero attached hydrogens (tertiary/aromatic N) is 2. The summed E-state index contributed by atoms with van der Waals surface area (Å²) >= 11 is 0. The summed E-state index contributed by atoms with van der Waals surface area (Å²) in [4.78, 5) is 19.3. The Morgan fingerprint density at radius 2 is 1.94 bits per heavy atom. The number of hydrogen-bond donors (Lipinski definition) is 1. The number of hydrogen-bond acceptors (Lipinski definition) is 4. The van der Waals surface area contributed by atoms with Crippen molar-refractivity contribution in [3.8, 4) is 11.6 Å². The minimum Gasteiger partial charge on any atom is -0.493 e. The normalized spacial score (nSPS) is 21.1. The molecule has 2 aliphatic heterocycles. The number of pyridine rings is 1. The van der Waals surface area contributed by atoms with Gasteiger partial charge >= 0.3 is 6.03 Å². The first kappa shape index (κ1) is 21.2. The summed E-state index contributed by atoms with van der Waals surface area (Å²) < 4.78 is 39.2. The van der Waals surface area contributed by atoms with Crippen molar-refractivity contribution < 1.29 is 23.0 Å². The standard InChI is InChI=1S/C25H23F2N3O3/c1-15-5-4-8-23(28-15)33-13-16-12-30(25(31)29-19-10-17(26)9-18(27)11-19)24-20-6-2-3-7-22(20)32-14-21(16)24/h2-11,16,21,24H,12-14H2,1H3,(H,29,31)/t16-,21-,24-/m0/s1. The second kappa shape index (κ2) is 8.69. The monoisotopic (exact) mass is 451 g/mol. The third kappa shape index (κ3) is 4.33. The number of carbonyl (C=O) groups excluding carboxylic acids is 1. The lowest BCUT2D eigenvalue weighted by Crippen LogP contribution is -2.38. The maximum Gasteiger partial charge on any atom is 0.322 e. The van der Waals surface area contributed by atoms with Crippen LogP contribution in [0.5, 0.6) is 11.6 Å². The van der Waals surface area contributed by atoms with Crippen molar-refractivity contribution in [3.05, 3.63) is 83.6 Å². The van der Waals surface area contributed by atoms with Crippen LogP contribution in [-0.2, 0) is 0 Å². The van der Waals surface area contributed by atoms with Crippen LogP contribution in [0.15, 0.2) is 60.7 Å². The molecule has 1 N–H and O–H groups in total. The fourth-order valence-electron chi connectivity index (χ4n) is 4.66. The lowest BCUT2D eigenvalue weighted by atomic mass is 9.86. The number of amides is 2. The molecule has 0 bridgehead atoms. The molecule has 2 amide bonds. The van der Waals surface area contributed by atoms with Gasteiger partial charge in [0.2, 0.25) is 5.88 Å². The molecule has 2 aromatic carbocycles. The molecule has 3 aromatic rings. The number of ether oxygens (including phenoxy) is 2. The minimum absolute atomic E-state index is 0.000273. The van der Waals surface area contributed by atoms with Gasteiger partial charge in [0.1, 0.15) is 17.4 Å². The molecule has 170 valence electrons. The molecule has 0 saturated carbocycles. The van der Waals surface area contributed by atoms with Crippen molar-refractivity contribution >= 4 is 11.7 Å². The van der Waals surface area contributed by atoms with E-state index in [0.717, 1.165) is 35.2 Å². The van der Waals surface area contributed by atoms with Gasteiger partial charge in [-0.1, -0.05) is 24.3 Å². The van der Waals surface area contributed by atoms with Gasteiger partial charge in [0, 0.05) is 47.5 Å². The number of fused-ring (bicyclic) bond motifs is 3. The highest BCUT2D eigenvalue weighted by molar-refractivity contribution is 5.90. The number of halogens is 2. The second-order valence-corrected chi connectivity index (χ2v) is 8.39. The maximum absolute atomic E-state index is 13.6. The van der Waals surface area contributed by atoms with Crippen LogP contribution in [0.3, 0.4) is 0 Å². The minimum atomic E-state index is -0.752. The van der Waals surface area contributed by atoms with Crippen molar-refractivity contribution in [3.63, 3.8) is 0 Å². The molecule has 6 nitrogen and oxygen atoms in total. The number of likely N-dealkylation sites (tertiary alicyclic amines) is 1. The number of carbonyl (C=O) groups is 1. The first-order valence-electron chi connectivity index (χ1n) is 10.8. The Morgan fingerprint density at radius 3 is 2.73 bits per heavy atom. The molecular formula is C25H23F2N3O3. The van der Waals surface area contributed by atoms with Crippen LogP contribution in [0.4, 0.5) is 19.3 Å². The van der Waals surface area contributed by atoms with Crippen LogP contribution in [0.2, 0.25) is 0 Å². The molecule has 5 rings (SSSR count). The molecule has 0 radical (unpaired) electrons. The topological polar surface area (TPSA) is 63.7 Å². The molecular weight excluding hydrogens is 428 g/mol. The number of aryl methyl sites for hydroxylation is 1. The lowest BCUT2D eigenvalue weighted by molar-refractivity contribution is 0.128. The summed E-state index contributed by atoms with van der Waals surface area (Å²) in [5.74, 6) is -0.256. The van der Waals surface area contributed by atoms with Gasteiger partial charge in [0.25, 0.3) is 0 Å². The van der Waals surface area contributed by atoms with E-state index in [9.17, 15) is 13.6 Å². The zero-order chi connectivity index (χ0) is 22.9. The van der Waals surface area contributed by atoms with E-state index in [0.29, 0.717) is 25.6 Å². The molecule has 1 saturated heterocycles. The van der Waals surface area contributed by atoms with Crippen LogP contribution in [-0.4, -0.2) is 35.7 Å². The van der Waals surface area contributed by atoms with Gasteiger partial charge < -0.3 is 19.7 Å². The molecule has 3 atom stereocenters. The SMILES string of the molecule is Cc1cccc(OC[C@@H]2CN(C(=O)Nc3cc(F)cc(F)c3)[C@H]3c4ccccc4OC[C@@H]23)n1. The molecule has 3 heterocycles. The zero-order valence-corrected chi connectivity index (χ0v) is 18.0. The Labute approximate surface area is 190 Å². The van der Waals surface area contributed by atoms with Gasteiger partial charge in [-0.15, -0.1) is 0 Å². The fourth-order valence-corrected chi connectivity index (χ4v) is 4.66. The van der Waals surface area contributed by atoms with Crippen LogP contribution in [0, 0.1) is 30.4 Å². The van der Waals surface area contributed by atoms with Gasteiger partial charge in [0.05, 0.1) is 19.3 Å². The van der Waals surface area contributed by atoms with E-state index in [1.807, 2.05) is 43.3 Å². The number of aromatic nitrogens is 1. The summed E-state index contributed by atoms with van der Waals surface area (Å²) in [5, 5.41) is 2.64. The smallest absolute Gasteiger partial charge is 0.322 e. The van der Waals surface area contributed by atoms with Crippen LogP contribution in [0.25, 0.3) is 0 Å². The van der Waals surface area contributed by atoms with Crippen LogP contribution in [0.1, 0.15) is 17.3 Å². The summed E-state index contributed by atoms with van der Waals surface area (Å²) in [6.45, 7) is 3.10. The van der Waals surface area contributed by atoms with Crippen LogP contribution < -0.4 is 14.8 Å². The Morgan fingerprint density at radius 1 is 1.15 bits per heavy atom. The molecule has 1 aromatic heterocycles. The highest BCUT2D eigenvalue weighted by Crippen LogP contribution is 2.47. The van der Waals surface area contributed by atoms with Crippen molar-refractivity contribution in [2.45, 2.75) is 13.0 Å². The van der Waals surface area contributed by atoms with E-state index >= 15 is 0 Å². The molecule has 2 aliphatic rings. The zero-order valence-electron chi connectivity index (χ0n) is 18.0. The summed E-state index contributed by atoms with van der Waals surface area (Å²) in [5.41, 5.74) is 1.83. The first-order valence-corrected chi connectivity index (χ1v) is 10.8. The quantitative estimate of drug-likeness (QED) is 0.609. The Balaban J connectivity index is 1.40. The second-order valence-electron chi connectivity index (χ2n) is 8.39. The number of benzene rings is 2. The van der Waals surface area contributed by atoms with E-state index < -0.39 is 17.7 Å². The van der Waals surface area contributed by atoms with Crippen molar-refractivity contribution in [1.82, 2.24) is 9.88 Å². The van der Waals surface area contributed by atoms with Crippen molar-refractivity contribution in [2.24, 2.45) is 11.8 Å². The van der Waals surface area contributed by atoms with Gasteiger partial charge in [-0.25, -0.2) is 18.6 Å². The highest BCUT2D eigenvalue weighted by atomic mass is 19.1. The largest absolute Gasteiger partial charge is 0.493 e. The van der Waals surface area contributed by atoms with E-state index in [2.05, 4.69) is 10.3 Å². The molecule has 1 fully saturated rings. The predicted molar refractivity (Wildman–Crippen MR) is 118 cm³/mol. The van der Waals surface area contributed by atoms with Gasteiger partial charge in [-0.2, -0.15) is 0 Å². The molecule has 0 unspecified atom stereocenters. The van der Waals surface area contributed by atoms with Gasteiger partial charge in [-0.3, -0.25) is 0 Å². The van der Waals surface area contributed by atoms with E-state index in [1.54, 1.807) is 11.0 Å². The lowest BCUT2D eigenvalue weighted by Gasteiger charge is -2.34. The van der Waals surface area contributed by atoms with Crippen LogP contribution >= 0.6 is 0 Å². The van der Waals surface area contributed by atoms with Crippen molar-refractivity contribution in [1.29, 1.82) is 0 Å². The Kier molecular flexibility index (Phi) is 5.58. The molecule has 33 heavy (non-hydrogen) atoms. The molecule has 0 aliphatic carbocycles. The van der Waals surface area contributed by atoms with Crippen molar-refractivity contribution in [2.75, 3.05) is 25.1 Å². The predicted octanol–water partition coefficient (Wildman–Crippen LogP) is 4.96. The summed E-state index contributed by atoms with van der Waals surface area (Å²) in [6.07, 6.45) is 0. The molecule has 8 heteroatoms. The average Bonchev–Trinajstić information content (AvgIpc) is 3.16. The summed E-state index contributed by atoms with van der Waals surface area (Å²) in [7, 11) is 0.